The third-order valence-electron chi connectivity index (χ3n) is 2.89. The second kappa shape index (κ2) is 5.62. The maximum Gasteiger partial charge on any atom is 0.416 e. The first kappa shape index (κ1) is 14.5. The lowest BCUT2D eigenvalue weighted by atomic mass is 10.0. The summed E-state index contributed by atoms with van der Waals surface area (Å²) < 4.78 is 50.8. The van der Waals surface area contributed by atoms with Gasteiger partial charge >= 0.3 is 6.18 Å². The lowest BCUT2D eigenvalue weighted by molar-refractivity contribution is -0.137. The molecule has 0 amide bonds. The van der Waals surface area contributed by atoms with E-state index in [-0.39, 0.29) is 24.3 Å². The SMILES string of the molecule is O=C1C=C(CCc2ccc(C(F)(F)F)cc2F)NNC1. The number of allylic oxidation sites excluding steroid dienone is 1. The topological polar surface area (TPSA) is 41.1 Å². The van der Waals surface area contributed by atoms with E-state index in [1.807, 2.05) is 0 Å². The van der Waals surface area contributed by atoms with E-state index in [2.05, 4.69) is 10.9 Å². The largest absolute Gasteiger partial charge is 0.416 e. The minimum absolute atomic E-state index is 0.105. The maximum atomic E-state index is 13.6. The quantitative estimate of drug-likeness (QED) is 0.839. The van der Waals surface area contributed by atoms with Gasteiger partial charge in [-0.3, -0.25) is 4.79 Å². The molecule has 2 rings (SSSR count). The molecule has 0 spiro atoms. The molecule has 0 saturated heterocycles. The molecule has 1 aliphatic heterocycles. The molecular formula is C13H12F4N2O. The molecule has 0 radical (unpaired) electrons. The lowest BCUT2D eigenvalue weighted by Gasteiger charge is -2.16. The van der Waals surface area contributed by atoms with Crippen molar-refractivity contribution in [2.45, 2.75) is 19.0 Å². The minimum atomic E-state index is -4.55. The van der Waals surface area contributed by atoms with E-state index in [1.54, 1.807) is 0 Å². The molecule has 0 saturated carbocycles. The number of nitrogens with one attached hydrogen (secondary N) is 2. The van der Waals surface area contributed by atoms with E-state index in [0.29, 0.717) is 18.2 Å². The zero-order valence-electron chi connectivity index (χ0n) is 10.4. The molecule has 2 N–H and O–H groups in total. The fourth-order valence-corrected chi connectivity index (χ4v) is 1.86. The van der Waals surface area contributed by atoms with Crippen LogP contribution in [-0.2, 0) is 17.4 Å². The van der Waals surface area contributed by atoms with Crippen LogP contribution in [-0.4, -0.2) is 12.3 Å². The molecule has 0 bridgehead atoms. The molecule has 1 aromatic carbocycles. The molecule has 0 aliphatic carbocycles. The Labute approximate surface area is 112 Å². The fraction of sp³-hybridized carbons (Fsp3) is 0.308. The Morgan fingerprint density at radius 1 is 1.20 bits per heavy atom. The number of ketones is 1. The van der Waals surface area contributed by atoms with Crippen LogP contribution < -0.4 is 10.9 Å². The van der Waals surface area contributed by atoms with Crippen molar-refractivity contribution in [2.24, 2.45) is 0 Å². The van der Waals surface area contributed by atoms with Crippen LogP contribution in [0.3, 0.4) is 0 Å². The van der Waals surface area contributed by atoms with Gasteiger partial charge in [0.2, 0.25) is 0 Å². The van der Waals surface area contributed by atoms with E-state index in [4.69, 9.17) is 0 Å². The average Bonchev–Trinajstić information content (AvgIpc) is 2.36. The fourth-order valence-electron chi connectivity index (χ4n) is 1.86. The predicted molar refractivity (Wildman–Crippen MR) is 64.0 cm³/mol. The van der Waals surface area contributed by atoms with Crippen molar-refractivity contribution in [1.82, 2.24) is 10.9 Å². The second-order valence-corrected chi connectivity index (χ2v) is 4.42. The zero-order valence-corrected chi connectivity index (χ0v) is 10.4. The number of alkyl halides is 3. The van der Waals surface area contributed by atoms with Crippen LogP contribution in [0.15, 0.2) is 30.0 Å². The first-order valence-corrected chi connectivity index (χ1v) is 5.94. The van der Waals surface area contributed by atoms with Gasteiger partial charge in [0.05, 0.1) is 12.1 Å². The van der Waals surface area contributed by atoms with E-state index in [1.165, 1.54) is 6.08 Å². The Kier molecular flexibility index (Phi) is 4.08. The third-order valence-corrected chi connectivity index (χ3v) is 2.89. The molecule has 7 heteroatoms. The highest BCUT2D eigenvalue weighted by Crippen LogP contribution is 2.30. The highest BCUT2D eigenvalue weighted by atomic mass is 19.4. The summed E-state index contributed by atoms with van der Waals surface area (Å²) in [6.07, 6.45) is -2.61. The first-order chi connectivity index (χ1) is 9.36. The molecule has 1 aliphatic rings. The number of halogens is 4. The minimum Gasteiger partial charge on any atom is -0.325 e. The monoisotopic (exact) mass is 288 g/mol. The van der Waals surface area contributed by atoms with Crippen LogP contribution >= 0.6 is 0 Å². The van der Waals surface area contributed by atoms with E-state index >= 15 is 0 Å². The predicted octanol–water partition coefficient (Wildman–Crippen LogP) is 2.34. The molecule has 1 heterocycles. The number of benzene rings is 1. The number of hydrogen-bond acceptors (Lipinski definition) is 3. The van der Waals surface area contributed by atoms with Crippen molar-refractivity contribution in [3.05, 3.63) is 46.9 Å². The molecule has 1 aromatic rings. The smallest absolute Gasteiger partial charge is 0.325 e. The normalized spacial score (nSPS) is 15.8. The van der Waals surface area contributed by atoms with Crippen LogP contribution in [0.25, 0.3) is 0 Å². The highest BCUT2D eigenvalue weighted by Gasteiger charge is 2.31. The molecule has 0 unspecified atom stereocenters. The summed E-state index contributed by atoms with van der Waals surface area (Å²) in [7, 11) is 0. The summed E-state index contributed by atoms with van der Waals surface area (Å²) in [6, 6.07) is 2.46. The van der Waals surface area contributed by atoms with Crippen molar-refractivity contribution in [2.75, 3.05) is 6.54 Å². The molecule has 0 atom stereocenters. The zero-order chi connectivity index (χ0) is 14.8. The number of rotatable bonds is 3. The summed E-state index contributed by atoms with van der Waals surface area (Å²) >= 11 is 0. The van der Waals surface area contributed by atoms with Gasteiger partial charge in [-0.2, -0.15) is 13.2 Å². The lowest BCUT2D eigenvalue weighted by Crippen LogP contribution is -2.39. The van der Waals surface area contributed by atoms with Gasteiger partial charge in [0, 0.05) is 11.8 Å². The van der Waals surface area contributed by atoms with Gasteiger partial charge < -0.3 is 5.43 Å². The maximum absolute atomic E-state index is 13.6. The van der Waals surface area contributed by atoms with Crippen LogP contribution in [0.1, 0.15) is 17.5 Å². The summed E-state index contributed by atoms with van der Waals surface area (Å²) in [6.45, 7) is 0.179. The summed E-state index contributed by atoms with van der Waals surface area (Å²) in [5.74, 6) is -0.998. The molecular weight excluding hydrogens is 276 g/mol. The second-order valence-electron chi connectivity index (χ2n) is 4.42. The van der Waals surface area contributed by atoms with Gasteiger partial charge in [-0.05, 0) is 30.5 Å². The Balaban J connectivity index is 2.05. The van der Waals surface area contributed by atoms with Crippen LogP contribution in [0.5, 0.6) is 0 Å². The number of carbonyl (C=O) groups excluding carboxylic acids is 1. The molecule has 0 fully saturated rings. The number of carbonyl (C=O) groups is 1. The van der Waals surface area contributed by atoms with Crippen LogP contribution in [0, 0.1) is 5.82 Å². The molecule has 0 aromatic heterocycles. The highest BCUT2D eigenvalue weighted by molar-refractivity contribution is 5.92. The molecule has 108 valence electrons. The molecule has 3 nitrogen and oxygen atoms in total. The Bertz CT molecular complexity index is 552. The Hall–Kier alpha value is -1.89. The Morgan fingerprint density at radius 2 is 1.95 bits per heavy atom. The van der Waals surface area contributed by atoms with Gasteiger partial charge in [-0.25, -0.2) is 9.82 Å². The first-order valence-electron chi connectivity index (χ1n) is 5.94. The average molecular weight is 288 g/mol. The van der Waals surface area contributed by atoms with Crippen molar-refractivity contribution >= 4 is 5.78 Å². The summed E-state index contributed by atoms with van der Waals surface area (Å²) in [5, 5.41) is 0. The summed E-state index contributed by atoms with van der Waals surface area (Å²) in [5.41, 5.74) is 5.17. The van der Waals surface area contributed by atoms with Gasteiger partial charge in [0.25, 0.3) is 0 Å². The van der Waals surface area contributed by atoms with Crippen molar-refractivity contribution in [1.29, 1.82) is 0 Å². The van der Waals surface area contributed by atoms with Gasteiger partial charge in [-0.1, -0.05) is 6.07 Å². The van der Waals surface area contributed by atoms with Gasteiger partial charge in [0.15, 0.2) is 5.78 Å². The van der Waals surface area contributed by atoms with E-state index in [0.717, 1.165) is 12.1 Å². The van der Waals surface area contributed by atoms with Crippen LogP contribution in [0.2, 0.25) is 0 Å². The standard InChI is InChI=1S/C13H12F4N2O/c14-12-5-9(13(15,16)17)3-1-8(12)2-4-10-6-11(20)7-18-19-10/h1,3,5-6,18-19H,2,4,7H2. The number of hydrogen-bond donors (Lipinski definition) is 2. The van der Waals surface area contributed by atoms with E-state index < -0.39 is 17.6 Å². The van der Waals surface area contributed by atoms with Gasteiger partial charge in [-0.15, -0.1) is 0 Å². The van der Waals surface area contributed by atoms with Crippen molar-refractivity contribution in [3.8, 4) is 0 Å². The van der Waals surface area contributed by atoms with E-state index in [9.17, 15) is 22.4 Å². The number of aryl methyl sites for hydroxylation is 1. The Morgan fingerprint density at radius 3 is 2.55 bits per heavy atom. The van der Waals surface area contributed by atoms with Crippen molar-refractivity contribution < 1.29 is 22.4 Å². The third kappa shape index (κ3) is 3.57. The summed E-state index contributed by atoms with van der Waals surface area (Å²) in [4.78, 5) is 11.1. The van der Waals surface area contributed by atoms with Gasteiger partial charge in [0.1, 0.15) is 5.82 Å². The van der Waals surface area contributed by atoms with Crippen molar-refractivity contribution in [3.63, 3.8) is 0 Å². The number of hydrazine groups is 1. The van der Waals surface area contributed by atoms with Crippen LogP contribution in [0.4, 0.5) is 17.6 Å². The molecule has 20 heavy (non-hydrogen) atoms.